The Morgan fingerprint density at radius 3 is 0.978 bits per heavy atom. The molecular formula is C72H136O17P2. The van der Waals surface area contributed by atoms with Crippen LogP contribution >= 0.6 is 15.6 Å². The lowest BCUT2D eigenvalue weighted by Gasteiger charge is -2.21. The average molecular weight is 1340 g/mol. The van der Waals surface area contributed by atoms with E-state index >= 15 is 0 Å². The molecule has 0 bridgehead atoms. The number of carbonyl (C=O) groups is 4. The zero-order valence-corrected chi connectivity index (χ0v) is 60.6. The fraction of sp³-hybridized carbons (Fsp3) is 0.889. The summed E-state index contributed by atoms with van der Waals surface area (Å²) in [6.07, 6.45) is 49.6. The molecule has 3 unspecified atom stereocenters. The van der Waals surface area contributed by atoms with Crippen LogP contribution in [0.3, 0.4) is 0 Å². The Kier molecular flexibility index (Phi) is 60.7. The summed E-state index contributed by atoms with van der Waals surface area (Å²) >= 11 is 0. The van der Waals surface area contributed by atoms with E-state index in [1.807, 2.05) is 0 Å². The Bertz CT molecular complexity index is 1880. The van der Waals surface area contributed by atoms with Crippen molar-refractivity contribution >= 4 is 39.5 Å². The quantitative estimate of drug-likeness (QED) is 0.0169. The van der Waals surface area contributed by atoms with Crippen molar-refractivity contribution in [2.75, 3.05) is 39.6 Å². The molecule has 91 heavy (non-hydrogen) atoms. The van der Waals surface area contributed by atoms with Crippen molar-refractivity contribution in [2.45, 2.75) is 356 Å². The normalized spacial score (nSPS) is 14.6. The van der Waals surface area contributed by atoms with Crippen LogP contribution in [0, 0.1) is 17.8 Å². The lowest BCUT2D eigenvalue weighted by atomic mass is 10.00. The second kappa shape index (κ2) is 62.4. The largest absolute Gasteiger partial charge is 0.472 e. The van der Waals surface area contributed by atoms with Gasteiger partial charge in [0.15, 0.2) is 12.2 Å². The Labute approximate surface area is 554 Å². The number of hydrogen-bond donors (Lipinski definition) is 3. The van der Waals surface area contributed by atoms with Gasteiger partial charge in [-0.3, -0.25) is 37.3 Å². The van der Waals surface area contributed by atoms with Gasteiger partial charge in [-0.1, -0.05) is 285 Å². The molecule has 3 N–H and O–H groups in total. The smallest absolute Gasteiger partial charge is 0.462 e. The molecule has 0 aliphatic carbocycles. The minimum absolute atomic E-state index is 0.0949. The van der Waals surface area contributed by atoms with Gasteiger partial charge in [-0.05, 0) is 69.1 Å². The molecule has 0 amide bonds. The summed E-state index contributed by atoms with van der Waals surface area (Å²) in [5.41, 5.74) is 0. The van der Waals surface area contributed by atoms with Crippen LogP contribution in [0.4, 0.5) is 0 Å². The molecule has 536 valence electrons. The number of unbranched alkanes of at least 4 members (excludes halogenated alkanes) is 32. The van der Waals surface area contributed by atoms with Crippen LogP contribution in [0.2, 0.25) is 0 Å². The van der Waals surface area contributed by atoms with E-state index < -0.39 is 97.5 Å². The maximum atomic E-state index is 13.0. The van der Waals surface area contributed by atoms with Gasteiger partial charge in [0, 0.05) is 25.7 Å². The van der Waals surface area contributed by atoms with Crippen LogP contribution in [0.1, 0.15) is 337 Å². The number of allylic oxidation sites excluding steroid dienone is 4. The number of phosphoric ester groups is 2. The van der Waals surface area contributed by atoms with Crippen LogP contribution in [0.5, 0.6) is 0 Å². The number of hydrogen-bond acceptors (Lipinski definition) is 15. The zero-order chi connectivity index (χ0) is 67.3. The predicted molar refractivity (Wildman–Crippen MR) is 367 cm³/mol. The third-order valence-electron chi connectivity index (χ3n) is 16.4. The van der Waals surface area contributed by atoms with Crippen LogP contribution in [-0.2, 0) is 65.4 Å². The molecular weight excluding hydrogens is 1200 g/mol. The molecule has 0 aliphatic rings. The van der Waals surface area contributed by atoms with Gasteiger partial charge in [0.1, 0.15) is 19.3 Å². The van der Waals surface area contributed by atoms with Gasteiger partial charge in [-0.15, -0.1) is 0 Å². The Morgan fingerprint density at radius 2 is 0.648 bits per heavy atom. The van der Waals surface area contributed by atoms with Gasteiger partial charge in [0.05, 0.1) is 26.4 Å². The topological polar surface area (TPSA) is 237 Å². The first-order valence-corrected chi connectivity index (χ1v) is 39.7. The van der Waals surface area contributed by atoms with E-state index in [-0.39, 0.29) is 25.7 Å². The van der Waals surface area contributed by atoms with E-state index in [2.05, 4.69) is 72.8 Å². The van der Waals surface area contributed by atoms with Gasteiger partial charge in [-0.2, -0.15) is 0 Å². The van der Waals surface area contributed by atoms with Crippen molar-refractivity contribution in [3.8, 4) is 0 Å². The molecule has 0 aromatic rings. The van der Waals surface area contributed by atoms with Crippen LogP contribution in [0.25, 0.3) is 0 Å². The molecule has 17 nitrogen and oxygen atoms in total. The third kappa shape index (κ3) is 64.6. The molecule has 0 saturated carbocycles. The summed E-state index contributed by atoms with van der Waals surface area (Å²) in [7, 11) is -9.91. The number of rotatable bonds is 68. The molecule has 0 fully saturated rings. The lowest BCUT2D eigenvalue weighted by molar-refractivity contribution is -0.161. The zero-order valence-electron chi connectivity index (χ0n) is 58.8. The maximum Gasteiger partial charge on any atom is 0.472 e. The molecule has 0 spiro atoms. The highest BCUT2D eigenvalue weighted by Gasteiger charge is 2.30. The van der Waals surface area contributed by atoms with Crippen molar-refractivity contribution in [3.05, 3.63) is 24.3 Å². The minimum atomic E-state index is -4.96. The number of aliphatic hydroxyl groups excluding tert-OH is 1. The highest BCUT2D eigenvalue weighted by Crippen LogP contribution is 2.45. The van der Waals surface area contributed by atoms with E-state index in [0.29, 0.717) is 31.6 Å². The molecule has 0 aromatic heterocycles. The molecule has 6 atom stereocenters. The van der Waals surface area contributed by atoms with E-state index in [9.17, 15) is 43.2 Å². The number of phosphoric acid groups is 2. The van der Waals surface area contributed by atoms with Crippen molar-refractivity contribution in [2.24, 2.45) is 17.8 Å². The molecule has 0 heterocycles. The van der Waals surface area contributed by atoms with E-state index in [1.165, 1.54) is 122 Å². The van der Waals surface area contributed by atoms with Crippen LogP contribution in [-0.4, -0.2) is 96.7 Å². The first-order valence-electron chi connectivity index (χ1n) is 36.7. The number of esters is 4. The van der Waals surface area contributed by atoms with Gasteiger partial charge >= 0.3 is 39.5 Å². The molecule has 19 heteroatoms. The molecule has 0 saturated heterocycles. The Balaban J connectivity index is 5.23. The molecule has 0 radical (unpaired) electrons. The fourth-order valence-corrected chi connectivity index (χ4v) is 11.9. The lowest BCUT2D eigenvalue weighted by Crippen LogP contribution is -2.30. The van der Waals surface area contributed by atoms with Crippen LogP contribution in [0.15, 0.2) is 24.3 Å². The summed E-state index contributed by atoms with van der Waals surface area (Å²) in [6.45, 7) is 11.7. The fourth-order valence-electron chi connectivity index (χ4n) is 10.3. The monoisotopic (exact) mass is 1330 g/mol. The summed E-state index contributed by atoms with van der Waals surface area (Å²) in [5.74, 6) is 0.0287. The Hall–Kier alpha value is -2.46. The molecule has 0 aromatic carbocycles. The van der Waals surface area contributed by atoms with Crippen LogP contribution < -0.4 is 0 Å². The molecule has 0 aliphatic heterocycles. The number of aliphatic hydroxyl groups is 1. The highest BCUT2D eigenvalue weighted by molar-refractivity contribution is 7.47. The van der Waals surface area contributed by atoms with Crippen molar-refractivity contribution < 1.29 is 80.2 Å². The van der Waals surface area contributed by atoms with Gasteiger partial charge < -0.3 is 33.8 Å². The summed E-state index contributed by atoms with van der Waals surface area (Å²) < 4.78 is 68.2. The van der Waals surface area contributed by atoms with Crippen molar-refractivity contribution in [1.29, 1.82) is 0 Å². The van der Waals surface area contributed by atoms with Gasteiger partial charge in [-0.25, -0.2) is 9.13 Å². The van der Waals surface area contributed by atoms with E-state index in [0.717, 1.165) is 127 Å². The first kappa shape index (κ1) is 88.5. The van der Waals surface area contributed by atoms with Crippen molar-refractivity contribution in [1.82, 2.24) is 0 Å². The average Bonchev–Trinajstić information content (AvgIpc) is 3.17. The summed E-state index contributed by atoms with van der Waals surface area (Å²) in [6, 6.07) is 0. The van der Waals surface area contributed by atoms with E-state index in [1.54, 1.807) is 0 Å². The van der Waals surface area contributed by atoms with Gasteiger partial charge in [0.2, 0.25) is 0 Å². The summed E-state index contributed by atoms with van der Waals surface area (Å²) in [4.78, 5) is 72.5. The first-order chi connectivity index (χ1) is 43.8. The van der Waals surface area contributed by atoms with Gasteiger partial charge in [0.25, 0.3) is 0 Å². The highest BCUT2D eigenvalue weighted by atomic mass is 31.2. The maximum absolute atomic E-state index is 13.0. The number of ether oxygens (including phenoxy) is 4. The standard InChI is InChI=1S/C72H136O17P2/c1-8-10-11-12-13-14-15-16-17-21-24-27-30-39-46-53-69(74)82-59-68(89-72(77)56-49-42-34-32-37-44-51-64(5)6)62-87-91(80,81)85-58-66(73)57-84-90(78,79)86-61-67(60-83-70(75)54-47-40-35-33-38-45-52-65(7)9-2)88-71(76)55-48-41-31-28-25-22-19-18-20-23-26-29-36-43-50-63(3)4/h14-17,63-68,73H,8-13,18-62H2,1-7H3,(H,78,79)(H,80,81)/b15-14-,17-16-/t65?,66-,67+,68+/m0/s1. The van der Waals surface area contributed by atoms with Crippen molar-refractivity contribution in [3.63, 3.8) is 0 Å². The second-order valence-corrected chi connectivity index (χ2v) is 29.4. The second-order valence-electron chi connectivity index (χ2n) is 26.5. The molecule has 0 rings (SSSR count). The SMILES string of the molecule is CCCCCC/C=C\C=C/CCCCCCCC(=O)OC[C@H](COP(=O)(O)OC[C@@H](O)COP(=O)(O)OC[C@@H](COC(=O)CCCCCCCCC(C)CC)OC(=O)CCCCCCCCCCCCCCCCC(C)C)OC(=O)CCCCCCCCC(C)C. The minimum Gasteiger partial charge on any atom is -0.462 e. The third-order valence-corrected chi connectivity index (χ3v) is 18.3. The van der Waals surface area contributed by atoms with E-state index in [4.69, 9.17) is 37.0 Å². The summed E-state index contributed by atoms with van der Waals surface area (Å²) in [5, 5.41) is 10.6. The predicted octanol–water partition coefficient (Wildman–Crippen LogP) is 20.2. The number of carbonyl (C=O) groups excluding carboxylic acids is 4. The Morgan fingerprint density at radius 1 is 0.363 bits per heavy atom.